The van der Waals surface area contributed by atoms with Crippen molar-refractivity contribution in [3.05, 3.63) is 5.28 Å². The Kier molecular flexibility index (Phi) is 5.28. The molecule has 1 aromatic heterocycles. The Balaban J connectivity index is 2.21. The zero-order valence-corrected chi connectivity index (χ0v) is 14.0. The predicted molar refractivity (Wildman–Crippen MR) is 89.4 cm³/mol. The van der Waals surface area contributed by atoms with Crippen LogP contribution in [0.5, 0.6) is 0 Å². The highest BCUT2D eigenvalue weighted by Gasteiger charge is 2.28. The maximum Gasteiger partial charge on any atom is 0.226 e. The Morgan fingerprint density at radius 3 is 2.86 bits per heavy atom. The van der Waals surface area contributed by atoms with Crippen LogP contribution in [0.25, 0.3) is 0 Å². The van der Waals surface area contributed by atoms with Gasteiger partial charge >= 0.3 is 0 Å². The molecule has 1 atom stereocenters. The van der Waals surface area contributed by atoms with Crippen molar-refractivity contribution >= 4 is 34.8 Å². The summed E-state index contributed by atoms with van der Waals surface area (Å²) in [6.07, 6.45) is 3.04. The topological polar surface area (TPSA) is 91.0 Å². The Bertz CT molecular complexity index is 552. The number of nitrogens with zero attached hydrogens (tertiary/aromatic N) is 2. The van der Waals surface area contributed by atoms with Gasteiger partial charge in [-0.3, -0.25) is 4.79 Å². The molecule has 7 nitrogen and oxygen atoms in total. The van der Waals surface area contributed by atoms with Crippen LogP contribution in [0.3, 0.4) is 0 Å². The monoisotopic (exact) mass is 326 g/mol. The highest BCUT2D eigenvalue weighted by molar-refractivity contribution is 6.28. The van der Waals surface area contributed by atoms with E-state index in [9.17, 15) is 4.79 Å². The third-order valence-corrected chi connectivity index (χ3v) is 3.80. The summed E-state index contributed by atoms with van der Waals surface area (Å²) in [6, 6.07) is 0. The van der Waals surface area contributed by atoms with E-state index in [0.29, 0.717) is 24.8 Å². The second-order valence-electron chi connectivity index (χ2n) is 5.79. The van der Waals surface area contributed by atoms with Crippen LogP contribution in [0.2, 0.25) is 5.28 Å². The van der Waals surface area contributed by atoms with Gasteiger partial charge in [-0.1, -0.05) is 19.8 Å². The summed E-state index contributed by atoms with van der Waals surface area (Å²) in [5.74, 6) is 1.30. The lowest BCUT2D eigenvalue weighted by Gasteiger charge is -2.32. The van der Waals surface area contributed by atoms with Crippen molar-refractivity contribution in [3.63, 3.8) is 0 Å². The minimum atomic E-state index is -0.308. The number of hydrogen-bond donors (Lipinski definition) is 4. The van der Waals surface area contributed by atoms with Gasteiger partial charge in [0, 0.05) is 13.5 Å². The van der Waals surface area contributed by atoms with E-state index in [-0.39, 0.29) is 16.7 Å². The molecule has 0 fully saturated rings. The molecule has 0 spiro atoms. The molecule has 0 radical (unpaired) electrons. The number of fused-ring (bicyclic) bond motifs is 1. The fourth-order valence-corrected chi connectivity index (χ4v) is 2.57. The van der Waals surface area contributed by atoms with Gasteiger partial charge in [-0.25, -0.2) is 0 Å². The second-order valence-corrected chi connectivity index (χ2v) is 6.13. The third-order valence-electron chi connectivity index (χ3n) is 3.63. The third kappa shape index (κ3) is 4.13. The first-order valence-electron chi connectivity index (χ1n) is 7.51. The van der Waals surface area contributed by atoms with E-state index in [1.807, 2.05) is 0 Å². The highest BCUT2D eigenvalue weighted by Crippen LogP contribution is 2.34. The molecule has 1 unspecified atom stereocenters. The molecule has 8 heteroatoms. The molecule has 0 bridgehead atoms. The molecule has 1 aromatic rings. The minimum absolute atomic E-state index is 0.0461. The SMILES string of the molecule is CCCCC(C)(CNC(C)=O)Nc1nc(Cl)nc2c1NCN2. The molecule has 0 aliphatic carbocycles. The molecule has 2 rings (SSSR count). The predicted octanol–water partition coefficient (Wildman–Crippen LogP) is 2.42. The number of rotatable bonds is 7. The molecule has 1 amide bonds. The van der Waals surface area contributed by atoms with Crippen molar-refractivity contribution < 1.29 is 4.79 Å². The lowest BCUT2D eigenvalue weighted by atomic mass is 9.94. The smallest absolute Gasteiger partial charge is 0.226 e. The van der Waals surface area contributed by atoms with Crippen molar-refractivity contribution in [3.8, 4) is 0 Å². The van der Waals surface area contributed by atoms with E-state index < -0.39 is 0 Å². The lowest BCUT2D eigenvalue weighted by molar-refractivity contribution is -0.119. The van der Waals surface area contributed by atoms with Crippen LogP contribution in [0.4, 0.5) is 17.3 Å². The minimum Gasteiger partial charge on any atom is -0.362 e. The molecule has 22 heavy (non-hydrogen) atoms. The van der Waals surface area contributed by atoms with Gasteiger partial charge in [0.25, 0.3) is 0 Å². The number of amides is 1. The number of hydrogen-bond acceptors (Lipinski definition) is 6. The highest BCUT2D eigenvalue weighted by atomic mass is 35.5. The molecule has 0 saturated heterocycles. The van der Waals surface area contributed by atoms with Gasteiger partial charge in [-0.05, 0) is 24.9 Å². The number of halogens is 1. The largest absolute Gasteiger partial charge is 0.362 e. The molecular formula is C14H23ClN6O. The van der Waals surface area contributed by atoms with Gasteiger partial charge in [0.1, 0.15) is 5.69 Å². The van der Waals surface area contributed by atoms with Crippen molar-refractivity contribution in [1.82, 2.24) is 15.3 Å². The average molecular weight is 327 g/mol. The molecule has 0 saturated carbocycles. The van der Waals surface area contributed by atoms with Gasteiger partial charge < -0.3 is 21.3 Å². The van der Waals surface area contributed by atoms with Gasteiger partial charge in [-0.15, -0.1) is 0 Å². The van der Waals surface area contributed by atoms with Crippen LogP contribution >= 0.6 is 11.6 Å². The van der Waals surface area contributed by atoms with Crippen LogP contribution in [0, 0.1) is 0 Å². The summed E-state index contributed by atoms with van der Waals surface area (Å²) in [7, 11) is 0. The molecule has 4 N–H and O–H groups in total. The van der Waals surface area contributed by atoms with Crippen LogP contribution in [0.15, 0.2) is 0 Å². The summed E-state index contributed by atoms with van der Waals surface area (Å²) >= 11 is 5.99. The van der Waals surface area contributed by atoms with Crippen LogP contribution in [-0.2, 0) is 4.79 Å². The maximum atomic E-state index is 11.3. The summed E-state index contributed by atoms with van der Waals surface area (Å²) in [5, 5.41) is 12.8. The first kappa shape index (κ1) is 16.6. The van der Waals surface area contributed by atoms with Crippen LogP contribution in [0.1, 0.15) is 40.0 Å². The number of unbranched alkanes of at least 4 members (excludes halogenated alkanes) is 1. The zero-order chi connectivity index (χ0) is 16.2. The van der Waals surface area contributed by atoms with Crippen LogP contribution in [-0.4, -0.2) is 34.6 Å². The maximum absolute atomic E-state index is 11.3. The molecule has 122 valence electrons. The number of nitrogens with one attached hydrogen (secondary N) is 4. The molecule has 1 aliphatic rings. The molecule has 0 aromatic carbocycles. The normalized spacial score (nSPS) is 15.3. The fraction of sp³-hybridized carbons (Fsp3) is 0.643. The summed E-state index contributed by atoms with van der Waals surface area (Å²) in [6.45, 7) is 6.85. The molecular weight excluding hydrogens is 304 g/mol. The Morgan fingerprint density at radius 1 is 1.41 bits per heavy atom. The average Bonchev–Trinajstić information content (AvgIpc) is 2.91. The standard InChI is InChI=1S/C14H23ClN6O/c1-4-5-6-14(3,7-16-9(2)22)21-12-10-11(18-8-17-10)19-13(15)20-12/h17H,4-8H2,1-3H3,(H,16,22)(H2,18,19,20,21). The number of carbonyl (C=O) groups excluding carboxylic acids is 1. The number of aromatic nitrogens is 2. The van der Waals surface area contributed by atoms with Crippen LogP contribution < -0.4 is 21.3 Å². The zero-order valence-electron chi connectivity index (χ0n) is 13.2. The quantitative estimate of drug-likeness (QED) is 0.575. The first-order chi connectivity index (χ1) is 10.4. The fourth-order valence-electron chi connectivity index (χ4n) is 2.40. The van der Waals surface area contributed by atoms with E-state index in [4.69, 9.17) is 11.6 Å². The van der Waals surface area contributed by atoms with Gasteiger partial charge in [0.05, 0.1) is 12.2 Å². The van der Waals surface area contributed by atoms with Crippen molar-refractivity contribution in [2.75, 3.05) is 29.2 Å². The molecule has 1 aliphatic heterocycles. The van der Waals surface area contributed by atoms with Crippen molar-refractivity contribution in [2.24, 2.45) is 0 Å². The summed E-state index contributed by atoms with van der Waals surface area (Å²) in [4.78, 5) is 19.7. The van der Waals surface area contributed by atoms with Gasteiger partial charge in [0.2, 0.25) is 11.2 Å². The lowest BCUT2D eigenvalue weighted by Crippen LogP contribution is -2.46. The van der Waals surface area contributed by atoms with Crippen molar-refractivity contribution in [2.45, 2.75) is 45.6 Å². The number of carbonyl (C=O) groups is 1. The van der Waals surface area contributed by atoms with E-state index in [0.717, 1.165) is 24.9 Å². The van der Waals surface area contributed by atoms with Gasteiger partial charge in [-0.2, -0.15) is 9.97 Å². The number of anilines is 3. The Labute approximate surface area is 135 Å². The Morgan fingerprint density at radius 2 is 2.18 bits per heavy atom. The van der Waals surface area contributed by atoms with Crippen molar-refractivity contribution in [1.29, 1.82) is 0 Å². The van der Waals surface area contributed by atoms with E-state index in [1.54, 1.807) is 0 Å². The molecule has 2 heterocycles. The van der Waals surface area contributed by atoms with E-state index in [2.05, 4.69) is 45.1 Å². The summed E-state index contributed by atoms with van der Waals surface area (Å²) < 4.78 is 0. The van der Waals surface area contributed by atoms with Gasteiger partial charge in [0.15, 0.2) is 11.6 Å². The second kappa shape index (κ2) is 7.00. The Hall–Kier alpha value is -1.76. The van der Waals surface area contributed by atoms with E-state index >= 15 is 0 Å². The summed E-state index contributed by atoms with van der Waals surface area (Å²) in [5.41, 5.74) is 0.507. The first-order valence-corrected chi connectivity index (χ1v) is 7.89. The van der Waals surface area contributed by atoms with E-state index in [1.165, 1.54) is 6.92 Å².